The predicted molar refractivity (Wildman–Crippen MR) is 99.0 cm³/mol. The van der Waals surface area contributed by atoms with Gasteiger partial charge in [0.25, 0.3) is 0 Å². The van der Waals surface area contributed by atoms with E-state index in [0.717, 1.165) is 19.6 Å². The molecule has 0 amide bonds. The van der Waals surface area contributed by atoms with Crippen molar-refractivity contribution >= 4 is 0 Å². The number of benzene rings is 1. The van der Waals surface area contributed by atoms with Crippen LogP contribution in [-0.4, -0.2) is 46.5 Å². The molecule has 1 aliphatic rings. The molecule has 2 aromatic rings. The van der Waals surface area contributed by atoms with Crippen LogP contribution in [0.15, 0.2) is 36.7 Å². The zero-order chi connectivity index (χ0) is 17.1. The largest absolute Gasteiger partial charge is 0.338 e. The molecule has 0 spiro atoms. The summed E-state index contributed by atoms with van der Waals surface area (Å²) in [4.78, 5) is 9.35. The second-order valence-corrected chi connectivity index (χ2v) is 7.33. The Morgan fingerprint density at radius 2 is 1.83 bits per heavy atom. The van der Waals surface area contributed by atoms with Crippen molar-refractivity contribution < 1.29 is 0 Å². The first kappa shape index (κ1) is 17.2. The van der Waals surface area contributed by atoms with Crippen molar-refractivity contribution in [2.75, 3.05) is 27.2 Å². The molecular formula is C20H30N4. The van der Waals surface area contributed by atoms with Crippen LogP contribution in [-0.2, 0) is 13.6 Å². The van der Waals surface area contributed by atoms with Crippen LogP contribution in [0.5, 0.6) is 0 Å². The smallest absolute Gasteiger partial charge is 0.111 e. The van der Waals surface area contributed by atoms with Crippen LogP contribution in [0.25, 0.3) is 0 Å². The molecule has 130 valence electrons. The van der Waals surface area contributed by atoms with Gasteiger partial charge in [-0.25, -0.2) is 4.98 Å². The molecular weight excluding hydrogens is 296 g/mol. The van der Waals surface area contributed by atoms with E-state index in [1.165, 1.54) is 29.8 Å². The zero-order valence-corrected chi connectivity index (χ0v) is 15.4. The minimum absolute atomic E-state index is 0.465. The maximum Gasteiger partial charge on any atom is 0.111 e. The van der Waals surface area contributed by atoms with Crippen molar-refractivity contribution in [1.82, 2.24) is 19.4 Å². The summed E-state index contributed by atoms with van der Waals surface area (Å²) in [5.41, 5.74) is 2.80. The summed E-state index contributed by atoms with van der Waals surface area (Å²) in [5, 5.41) is 0. The third-order valence-corrected chi connectivity index (χ3v) is 5.45. The number of hydrogen-bond donors (Lipinski definition) is 0. The van der Waals surface area contributed by atoms with E-state index in [-0.39, 0.29) is 0 Å². The second kappa shape index (κ2) is 7.49. The number of aryl methyl sites for hydroxylation is 1. The van der Waals surface area contributed by atoms with Crippen LogP contribution in [0.4, 0.5) is 0 Å². The van der Waals surface area contributed by atoms with Gasteiger partial charge in [-0.3, -0.25) is 4.90 Å². The van der Waals surface area contributed by atoms with E-state index in [4.69, 9.17) is 0 Å². The summed E-state index contributed by atoms with van der Waals surface area (Å²) in [6.07, 6.45) is 6.39. The van der Waals surface area contributed by atoms with E-state index < -0.39 is 0 Å². The Balaban J connectivity index is 1.54. The first-order valence-corrected chi connectivity index (χ1v) is 8.99. The molecule has 0 N–H and O–H groups in total. The highest BCUT2D eigenvalue weighted by molar-refractivity contribution is 5.24. The molecule has 1 aliphatic heterocycles. The lowest BCUT2D eigenvalue weighted by Gasteiger charge is -2.31. The zero-order valence-electron chi connectivity index (χ0n) is 15.4. The quantitative estimate of drug-likeness (QED) is 0.841. The first-order valence-electron chi connectivity index (χ1n) is 8.99. The minimum atomic E-state index is 0.465. The van der Waals surface area contributed by atoms with Gasteiger partial charge in [0.2, 0.25) is 0 Å². The lowest BCUT2D eigenvalue weighted by molar-refractivity contribution is 0.200. The number of nitrogens with zero attached hydrogens (tertiary/aromatic N) is 4. The Kier molecular flexibility index (Phi) is 5.36. The summed E-state index contributed by atoms with van der Waals surface area (Å²) in [7, 11) is 6.36. The molecule has 0 radical (unpaired) electrons. The number of imidazole rings is 1. The van der Waals surface area contributed by atoms with Crippen molar-refractivity contribution in [2.24, 2.45) is 7.05 Å². The highest BCUT2D eigenvalue weighted by Gasteiger charge is 2.23. The second-order valence-electron chi connectivity index (χ2n) is 7.33. The molecule has 24 heavy (non-hydrogen) atoms. The van der Waals surface area contributed by atoms with Crippen molar-refractivity contribution in [1.29, 1.82) is 0 Å². The van der Waals surface area contributed by atoms with Gasteiger partial charge in [0.05, 0.1) is 0 Å². The van der Waals surface area contributed by atoms with Crippen molar-refractivity contribution in [2.45, 2.75) is 38.3 Å². The number of aromatic nitrogens is 2. The summed E-state index contributed by atoms with van der Waals surface area (Å²) in [6, 6.07) is 9.61. The van der Waals surface area contributed by atoms with Gasteiger partial charge in [0.1, 0.15) is 5.82 Å². The molecule has 1 aromatic heterocycles. The molecule has 0 bridgehead atoms. The SMILES string of the molecule is C[C@@H](c1ccc(CN2CCC(c3nccn3C)CC2)cc1)N(C)C. The number of likely N-dealkylation sites (tertiary alicyclic amines) is 1. The highest BCUT2D eigenvalue weighted by atomic mass is 15.1. The van der Waals surface area contributed by atoms with Crippen LogP contribution in [0.2, 0.25) is 0 Å². The molecule has 2 heterocycles. The third-order valence-electron chi connectivity index (χ3n) is 5.45. The minimum Gasteiger partial charge on any atom is -0.338 e. The predicted octanol–water partition coefficient (Wildman–Crippen LogP) is 3.42. The molecule has 1 aromatic carbocycles. The maximum absolute atomic E-state index is 4.53. The van der Waals surface area contributed by atoms with Crippen LogP contribution < -0.4 is 0 Å². The average molecular weight is 326 g/mol. The first-order chi connectivity index (χ1) is 11.5. The summed E-state index contributed by atoms with van der Waals surface area (Å²) < 4.78 is 2.17. The van der Waals surface area contributed by atoms with E-state index >= 15 is 0 Å². The van der Waals surface area contributed by atoms with Crippen LogP contribution in [0, 0.1) is 0 Å². The monoisotopic (exact) mass is 326 g/mol. The van der Waals surface area contributed by atoms with Gasteiger partial charge >= 0.3 is 0 Å². The Hall–Kier alpha value is -1.65. The molecule has 4 heteroatoms. The number of rotatable bonds is 5. The highest BCUT2D eigenvalue weighted by Crippen LogP contribution is 2.27. The van der Waals surface area contributed by atoms with Gasteiger partial charge in [-0.1, -0.05) is 24.3 Å². The fraction of sp³-hybridized carbons (Fsp3) is 0.550. The molecule has 3 rings (SSSR count). The van der Waals surface area contributed by atoms with Gasteiger partial charge in [0.15, 0.2) is 0 Å². The van der Waals surface area contributed by atoms with Gasteiger partial charge < -0.3 is 9.47 Å². The van der Waals surface area contributed by atoms with E-state index in [0.29, 0.717) is 12.0 Å². The normalized spacial score (nSPS) is 18.2. The van der Waals surface area contributed by atoms with Crippen LogP contribution in [0.3, 0.4) is 0 Å². The van der Waals surface area contributed by atoms with Crippen molar-refractivity contribution in [3.8, 4) is 0 Å². The lowest BCUT2D eigenvalue weighted by Crippen LogP contribution is -2.33. The lowest BCUT2D eigenvalue weighted by atomic mass is 9.95. The molecule has 0 saturated carbocycles. The summed E-state index contributed by atoms with van der Waals surface area (Å²) in [6.45, 7) is 5.63. The molecule has 1 atom stereocenters. The van der Waals surface area contributed by atoms with Gasteiger partial charge in [-0.15, -0.1) is 0 Å². The van der Waals surface area contributed by atoms with E-state index in [1.807, 2.05) is 6.20 Å². The number of piperidine rings is 1. The van der Waals surface area contributed by atoms with Gasteiger partial charge in [0, 0.05) is 37.9 Å². The van der Waals surface area contributed by atoms with Crippen LogP contribution >= 0.6 is 0 Å². The standard InChI is InChI=1S/C20H30N4/c1-16(22(2)3)18-7-5-17(6-8-18)15-24-12-9-19(10-13-24)20-21-11-14-23(20)4/h5-8,11,14,16,19H,9-10,12-13,15H2,1-4H3/t16-/m0/s1. The molecule has 1 fully saturated rings. The summed E-state index contributed by atoms with van der Waals surface area (Å²) in [5.74, 6) is 1.86. The van der Waals surface area contributed by atoms with E-state index in [1.54, 1.807) is 0 Å². The van der Waals surface area contributed by atoms with Crippen LogP contribution in [0.1, 0.15) is 48.7 Å². The Morgan fingerprint density at radius 3 is 2.38 bits per heavy atom. The van der Waals surface area contributed by atoms with E-state index in [2.05, 4.69) is 77.9 Å². The molecule has 4 nitrogen and oxygen atoms in total. The topological polar surface area (TPSA) is 24.3 Å². The molecule has 1 saturated heterocycles. The van der Waals surface area contributed by atoms with Crippen molar-refractivity contribution in [3.05, 3.63) is 53.6 Å². The maximum atomic E-state index is 4.53. The average Bonchev–Trinajstić information content (AvgIpc) is 3.01. The van der Waals surface area contributed by atoms with Gasteiger partial charge in [-0.05, 0) is 58.1 Å². The Morgan fingerprint density at radius 1 is 1.17 bits per heavy atom. The summed E-state index contributed by atoms with van der Waals surface area (Å²) >= 11 is 0. The number of hydrogen-bond acceptors (Lipinski definition) is 3. The third kappa shape index (κ3) is 3.87. The molecule has 0 unspecified atom stereocenters. The van der Waals surface area contributed by atoms with Crippen molar-refractivity contribution in [3.63, 3.8) is 0 Å². The fourth-order valence-electron chi connectivity index (χ4n) is 3.58. The van der Waals surface area contributed by atoms with E-state index in [9.17, 15) is 0 Å². The molecule has 0 aliphatic carbocycles. The fourth-order valence-corrected chi connectivity index (χ4v) is 3.58. The van der Waals surface area contributed by atoms with Gasteiger partial charge in [-0.2, -0.15) is 0 Å². The Bertz CT molecular complexity index is 636. The Labute approximate surface area is 146 Å².